The Hall–Kier alpha value is -1.05. The summed E-state index contributed by atoms with van der Waals surface area (Å²) in [6.45, 7) is 2.99. The standard InChI is InChI=1S/C18H26N2O3S2/c1-13(21)19-16(17-5-3-8-25-17)10-18(22)20(14-6-9-24-12-14)11-15-4-2-7-23-15/h3,5,8,14-16H,2,4,6-7,9-12H2,1H3,(H,19,21). The predicted octanol–water partition coefficient (Wildman–Crippen LogP) is 2.83. The van der Waals surface area contributed by atoms with E-state index in [-0.39, 0.29) is 24.0 Å². The van der Waals surface area contributed by atoms with Crippen LogP contribution in [0.15, 0.2) is 17.5 Å². The Balaban J connectivity index is 1.69. The first-order valence-electron chi connectivity index (χ1n) is 8.93. The zero-order valence-corrected chi connectivity index (χ0v) is 16.2. The molecule has 1 aromatic rings. The Labute approximate surface area is 157 Å². The zero-order valence-electron chi connectivity index (χ0n) is 14.6. The lowest BCUT2D eigenvalue weighted by Crippen LogP contribution is -2.46. The van der Waals surface area contributed by atoms with Crippen molar-refractivity contribution in [3.63, 3.8) is 0 Å². The molecule has 138 valence electrons. The van der Waals surface area contributed by atoms with Crippen molar-refractivity contribution in [3.05, 3.63) is 22.4 Å². The van der Waals surface area contributed by atoms with Gasteiger partial charge in [-0.1, -0.05) is 6.07 Å². The quantitative estimate of drug-likeness (QED) is 0.788. The van der Waals surface area contributed by atoms with Crippen LogP contribution in [0.3, 0.4) is 0 Å². The molecule has 1 aromatic heterocycles. The molecule has 3 rings (SSSR count). The van der Waals surface area contributed by atoms with Crippen molar-refractivity contribution in [1.82, 2.24) is 10.2 Å². The van der Waals surface area contributed by atoms with Crippen LogP contribution in [0.4, 0.5) is 0 Å². The van der Waals surface area contributed by atoms with Crippen LogP contribution in [0.1, 0.15) is 43.5 Å². The second-order valence-electron chi connectivity index (χ2n) is 6.67. The molecule has 0 saturated carbocycles. The van der Waals surface area contributed by atoms with Crippen LogP contribution < -0.4 is 5.32 Å². The monoisotopic (exact) mass is 382 g/mol. The summed E-state index contributed by atoms with van der Waals surface area (Å²) in [6.07, 6.45) is 3.64. The number of ether oxygens (including phenoxy) is 1. The zero-order chi connectivity index (χ0) is 17.6. The minimum atomic E-state index is -0.244. The van der Waals surface area contributed by atoms with Crippen LogP contribution in [0, 0.1) is 0 Å². The van der Waals surface area contributed by atoms with Gasteiger partial charge in [0.2, 0.25) is 11.8 Å². The van der Waals surface area contributed by atoms with Crippen LogP contribution in [0.5, 0.6) is 0 Å². The second kappa shape index (κ2) is 9.05. The Morgan fingerprint density at radius 3 is 2.92 bits per heavy atom. The highest BCUT2D eigenvalue weighted by molar-refractivity contribution is 7.99. The second-order valence-corrected chi connectivity index (χ2v) is 8.80. The number of carbonyl (C=O) groups is 2. The van der Waals surface area contributed by atoms with Crippen molar-refractivity contribution < 1.29 is 14.3 Å². The van der Waals surface area contributed by atoms with E-state index >= 15 is 0 Å². The molecule has 1 N–H and O–H groups in total. The molecule has 0 radical (unpaired) electrons. The first kappa shape index (κ1) is 18.7. The summed E-state index contributed by atoms with van der Waals surface area (Å²) in [5.74, 6) is 2.13. The molecule has 7 heteroatoms. The van der Waals surface area contributed by atoms with E-state index in [9.17, 15) is 9.59 Å². The Morgan fingerprint density at radius 1 is 1.44 bits per heavy atom. The van der Waals surface area contributed by atoms with Gasteiger partial charge in [0, 0.05) is 36.7 Å². The third kappa shape index (κ3) is 5.21. The summed E-state index contributed by atoms with van der Waals surface area (Å²) in [7, 11) is 0. The number of nitrogens with zero attached hydrogens (tertiary/aromatic N) is 1. The molecular formula is C18H26N2O3S2. The third-order valence-electron chi connectivity index (χ3n) is 4.73. The molecule has 3 unspecified atom stereocenters. The van der Waals surface area contributed by atoms with E-state index in [0.29, 0.717) is 19.0 Å². The summed E-state index contributed by atoms with van der Waals surface area (Å²) in [5.41, 5.74) is 0. The number of hydrogen-bond acceptors (Lipinski definition) is 5. The van der Waals surface area contributed by atoms with Crippen molar-refractivity contribution in [2.45, 2.75) is 50.8 Å². The van der Waals surface area contributed by atoms with Crippen molar-refractivity contribution in [3.8, 4) is 0 Å². The van der Waals surface area contributed by atoms with E-state index in [1.807, 2.05) is 34.2 Å². The molecule has 0 aliphatic carbocycles. The maximum atomic E-state index is 13.1. The summed E-state index contributed by atoms with van der Waals surface area (Å²) in [4.78, 5) is 27.8. The van der Waals surface area contributed by atoms with E-state index in [1.54, 1.807) is 11.3 Å². The Morgan fingerprint density at radius 2 is 2.32 bits per heavy atom. The van der Waals surface area contributed by atoms with Gasteiger partial charge >= 0.3 is 0 Å². The number of thiophene rings is 1. The van der Waals surface area contributed by atoms with Gasteiger partial charge in [-0.2, -0.15) is 11.8 Å². The highest BCUT2D eigenvalue weighted by atomic mass is 32.2. The summed E-state index contributed by atoms with van der Waals surface area (Å²) in [5, 5.41) is 4.92. The molecule has 3 heterocycles. The topological polar surface area (TPSA) is 58.6 Å². The minimum absolute atomic E-state index is 0.103. The molecular weight excluding hydrogens is 356 g/mol. The van der Waals surface area contributed by atoms with Crippen LogP contribution >= 0.6 is 23.1 Å². The van der Waals surface area contributed by atoms with Crippen molar-refractivity contribution in [2.24, 2.45) is 0 Å². The van der Waals surface area contributed by atoms with Gasteiger partial charge in [0.1, 0.15) is 0 Å². The van der Waals surface area contributed by atoms with Crippen molar-refractivity contribution in [2.75, 3.05) is 24.7 Å². The van der Waals surface area contributed by atoms with E-state index in [0.717, 1.165) is 42.3 Å². The average molecular weight is 383 g/mol. The van der Waals surface area contributed by atoms with E-state index in [1.165, 1.54) is 6.92 Å². The molecule has 5 nitrogen and oxygen atoms in total. The number of carbonyl (C=O) groups excluding carboxylic acids is 2. The molecule has 0 bridgehead atoms. The van der Waals surface area contributed by atoms with Gasteiger partial charge in [0.05, 0.1) is 18.6 Å². The number of rotatable bonds is 7. The fourth-order valence-corrected chi connectivity index (χ4v) is 5.48. The SMILES string of the molecule is CC(=O)NC(CC(=O)N(CC1CCCO1)C1CCSC1)c1cccs1. The number of thioether (sulfide) groups is 1. The molecule has 2 fully saturated rings. The maximum Gasteiger partial charge on any atom is 0.225 e. The van der Waals surface area contributed by atoms with Gasteiger partial charge in [0.15, 0.2) is 0 Å². The number of hydrogen-bond donors (Lipinski definition) is 1. The fraction of sp³-hybridized carbons (Fsp3) is 0.667. The lowest BCUT2D eigenvalue weighted by molar-refractivity contribution is -0.135. The van der Waals surface area contributed by atoms with E-state index in [4.69, 9.17) is 4.74 Å². The normalized spacial score (nSPS) is 24.2. The lowest BCUT2D eigenvalue weighted by Gasteiger charge is -2.32. The third-order valence-corrected chi connectivity index (χ3v) is 6.86. The summed E-state index contributed by atoms with van der Waals surface area (Å²) < 4.78 is 5.77. The van der Waals surface area contributed by atoms with E-state index < -0.39 is 0 Å². The number of nitrogens with one attached hydrogen (secondary N) is 1. The first-order chi connectivity index (χ1) is 12.1. The van der Waals surface area contributed by atoms with Gasteiger partial charge < -0.3 is 15.0 Å². The van der Waals surface area contributed by atoms with Gasteiger partial charge in [-0.15, -0.1) is 11.3 Å². The van der Waals surface area contributed by atoms with Gasteiger partial charge in [0.25, 0.3) is 0 Å². The smallest absolute Gasteiger partial charge is 0.225 e. The molecule has 0 spiro atoms. The lowest BCUT2D eigenvalue weighted by atomic mass is 10.1. The van der Waals surface area contributed by atoms with Crippen LogP contribution in [0.25, 0.3) is 0 Å². The van der Waals surface area contributed by atoms with Crippen LogP contribution in [-0.2, 0) is 14.3 Å². The van der Waals surface area contributed by atoms with Gasteiger partial charge in [-0.25, -0.2) is 0 Å². The van der Waals surface area contributed by atoms with Crippen LogP contribution in [-0.4, -0.2) is 53.5 Å². The van der Waals surface area contributed by atoms with Gasteiger partial charge in [-0.3, -0.25) is 9.59 Å². The molecule has 2 saturated heterocycles. The molecule has 2 amide bonds. The van der Waals surface area contributed by atoms with E-state index in [2.05, 4.69) is 5.32 Å². The van der Waals surface area contributed by atoms with Gasteiger partial charge in [-0.05, 0) is 36.5 Å². The molecule has 0 aromatic carbocycles. The molecule has 3 atom stereocenters. The molecule has 2 aliphatic rings. The summed E-state index contributed by atoms with van der Waals surface area (Å²) in [6, 6.07) is 3.99. The summed E-state index contributed by atoms with van der Waals surface area (Å²) >= 11 is 3.49. The Kier molecular flexibility index (Phi) is 6.78. The maximum absolute atomic E-state index is 13.1. The van der Waals surface area contributed by atoms with Crippen molar-refractivity contribution >= 4 is 34.9 Å². The van der Waals surface area contributed by atoms with Crippen molar-refractivity contribution in [1.29, 1.82) is 0 Å². The highest BCUT2D eigenvalue weighted by Gasteiger charge is 2.32. The largest absolute Gasteiger partial charge is 0.376 e. The minimum Gasteiger partial charge on any atom is -0.376 e. The average Bonchev–Trinajstić information content (AvgIpc) is 3.34. The molecule has 2 aliphatic heterocycles. The van der Waals surface area contributed by atoms with Crippen LogP contribution in [0.2, 0.25) is 0 Å². The predicted molar refractivity (Wildman–Crippen MR) is 102 cm³/mol. The highest BCUT2D eigenvalue weighted by Crippen LogP contribution is 2.28. The fourth-order valence-electron chi connectivity index (χ4n) is 3.48. The number of amides is 2. The molecule has 25 heavy (non-hydrogen) atoms. The Bertz CT molecular complexity index is 567. The first-order valence-corrected chi connectivity index (χ1v) is 11.0.